The number of carbonyl (C=O) groups excluding carboxylic acids is 4. The zero-order chi connectivity index (χ0) is 74.4. The van der Waals surface area contributed by atoms with Crippen LogP contribution < -0.4 is 0 Å². The van der Waals surface area contributed by atoms with Gasteiger partial charge in [0.15, 0.2) is 12.2 Å². The maximum absolute atomic E-state index is 13.1. The Morgan fingerprint density at radius 1 is 0.287 bits per heavy atom. The molecule has 0 fully saturated rings. The molecule has 0 rings (SSSR count). The first kappa shape index (κ1) is 99.1. The lowest BCUT2D eigenvalue weighted by Gasteiger charge is -2.21. The van der Waals surface area contributed by atoms with E-state index in [-0.39, 0.29) is 25.7 Å². The molecule has 3 N–H and O–H groups in total. The number of esters is 4. The Bertz CT molecular complexity index is 1960. The smallest absolute Gasteiger partial charge is 0.462 e. The largest absolute Gasteiger partial charge is 0.472 e. The van der Waals surface area contributed by atoms with Crippen LogP contribution in [0.3, 0.4) is 0 Å². The van der Waals surface area contributed by atoms with Crippen LogP contribution in [-0.2, 0) is 65.4 Å². The molecule has 0 amide bonds. The van der Waals surface area contributed by atoms with Crippen molar-refractivity contribution >= 4 is 39.5 Å². The Morgan fingerprint density at radius 3 is 0.752 bits per heavy atom. The zero-order valence-corrected chi connectivity index (χ0v) is 68.2. The minimum atomic E-state index is -4.96. The predicted molar refractivity (Wildman–Crippen MR) is 414 cm³/mol. The molecule has 0 radical (unpaired) electrons. The third-order valence-corrected chi connectivity index (χ3v) is 21.4. The van der Waals surface area contributed by atoms with Crippen LogP contribution >= 0.6 is 15.6 Å². The van der Waals surface area contributed by atoms with E-state index < -0.39 is 97.5 Å². The van der Waals surface area contributed by atoms with E-state index in [2.05, 4.69) is 48.5 Å². The van der Waals surface area contributed by atoms with Gasteiger partial charge in [-0.1, -0.05) is 376 Å². The first-order chi connectivity index (χ1) is 48.8. The number of carbonyl (C=O) groups is 4. The van der Waals surface area contributed by atoms with Crippen molar-refractivity contribution in [1.82, 2.24) is 0 Å². The number of phosphoric acid groups is 2. The number of ether oxygens (including phenoxy) is 4. The fourth-order valence-electron chi connectivity index (χ4n) is 12.6. The topological polar surface area (TPSA) is 237 Å². The number of hydrogen-bond acceptors (Lipinski definition) is 15. The number of aliphatic hydroxyl groups excluding tert-OH is 1. The van der Waals surface area contributed by atoms with Crippen LogP contribution in [0.25, 0.3) is 0 Å². The van der Waals surface area contributed by atoms with E-state index in [0.29, 0.717) is 25.7 Å². The predicted octanol–water partition coefficient (Wildman–Crippen LogP) is 24.5. The maximum Gasteiger partial charge on any atom is 0.472 e. The molecule has 3 unspecified atom stereocenters. The minimum absolute atomic E-state index is 0.106. The van der Waals surface area contributed by atoms with Crippen molar-refractivity contribution < 1.29 is 80.2 Å². The summed E-state index contributed by atoms with van der Waals surface area (Å²) in [7, 11) is -9.92. The summed E-state index contributed by atoms with van der Waals surface area (Å²) in [5.41, 5.74) is 0. The highest BCUT2D eigenvalue weighted by molar-refractivity contribution is 7.47. The van der Waals surface area contributed by atoms with Crippen LogP contribution in [0, 0.1) is 17.8 Å². The van der Waals surface area contributed by atoms with Crippen molar-refractivity contribution in [1.29, 1.82) is 0 Å². The fraction of sp³-hybridized carbons (Fsp3) is 0.951. The molecule has 0 saturated heterocycles. The fourth-order valence-corrected chi connectivity index (χ4v) is 14.2. The van der Waals surface area contributed by atoms with Crippen molar-refractivity contribution in [2.75, 3.05) is 39.6 Å². The van der Waals surface area contributed by atoms with Gasteiger partial charge in [0.25, 0.3) is 0 Å². The van der Waals surface area contributed by atoms with Gasteiger partial charge in [-0.15, -0.1) is 0 Å². The second-order valence-electron chi connectivity index (χ2n) is 30.7. The van der Waals surface area contributed by atoms with Gasteiger partial charge in [-0.05, 0) is 43.4 Å². The average Bonchev–Trinajstić information content (AvgIpc) is 0.942. The second kappa shape index (κ2) is 72.3. The molecule has 0 aliphatic carbocycles. The van der Waals surface area contributed by atoms with Gasteiger partial charge < -0.3 is 33.8 Å². The summed E-state index contributed by atoms with van der Waals surface area (Å²) in [6, 6.07) is 0. The summed E-state index contributed by atoms with van der Waals surface area (Å²) in [5, 5.41) is 10.6. The van der Waals surface area contributed by atoms with Crippen molar-refractivity contribution in [2.45, 2.75) is 446 Å². The normalized spacial score (nSPS) is 14.2. The molecule has 101 heavy (non-hydrogen) atoms. The second-order valence-corrected chi connectivity index (χ2v) is 33.6. The van der Waals surface area contributed by atoms with E-state index in [1.54, 1.807) is 0 Å². The van der Waals surface area contributed by atoms with Crippen molar-refractivity contribution in [2.24, 2.45) is 17.8 Å². The molecule has 0 saturated carbocycles. The van der Waals surface area contributed by atoms with E-state index in [4.69, 9.17) is 37.0 Å². The Labute approximate surface area is 619 Å². The molecule has 0 aromatic carbocycles. The van der Waals surface area contributed by atoms with Crippen LogP contribution in [0.1, 0.15) is 427 Å². The van der Waals surface area contributed by atoms with E-state index in [1.807, 2.05) is 0 Å². The highest BCUT2D eigenvalue weighted by Gasteiger charge is 2.30. The highest BCUT2D eigenvalue weighted by atomic mass is 31.2. The van der Waals surface area contributed by atoms with Gasteiger partial charge in [0.1, 0.15) is 19.3 Å². The van der Waals surface area contributed by atoms with Crippen LogP contribution in [0.5, 0.6) is 0 Å². The molecule has 0 aliphatic rings. The summed E-state index contributed by atoms with van der Waals surface area (Å²) in [4.78, 5) is 73.1. The summed E-state index contributed by atoms with van der Waals surface area (Å²) in [5.74, 6) is 0.303. The van der Waals surface area contributed by atoms with Crippen molar-refractivity contribution in [3.05, 3.63) is 0 Å². The maximum atomic E-state index is 13.1. The Morgan fingerprint density at radius 2 is 0.505 bits per heavy atom. The summed E-state index contributed by atoms with van der Waals surface area (Å²) < 4.78 is 68.8. The monoisotopic (exact) mass is 1480 g/mol. The number of phosphoric ester groups is 2. The van der Waals surface area contributed by atoms with Crippen molar-refractivity contribution in [3.8, 4) is 0 Å². The van der Waals surface area contributed by atoms with Gasteiger partial charge in [0, 0.05) is 25.7 Å². The Kier molecular flexibility index (Phi) is 70.9. The lowest BCUT2D eigenvalue weighted by Crippen LogP contribution is -2.30. The highest BCUT2D eigenvalue weighted by Crippen LogP contribution is 2.45. The molecule has 6 atom stereocenters. The third-order valence-electron chi connectivity index (χ3n) is 19.5. The number of rotatable bonds is 80. The molecule has 0 bridgehead atoms. The van der Waals surface area contributed by atoms with Crippen molar-refractivity contribution in [3.63, 3.8) is 0 Å². The molecule has 17 nitrogen and oxygen atoms in total. The molecule has 0 aromatic heterocycles. The van der Waals surface area contributed by atoms with E-state index in [0.717, 1.165) is 108 Å². The first-order valence-corrected chi connectivity index (χ1v) is 45.4. The Hall–Kier alpha value is -1.94. The van der Waals surface area contributed by atoms with E-state index in [9.17, 15) is 43.2 Å². The molecule has 600 valence electrons. The average molecular weight is 1480 g/mol. The molecular weight excluding hydrogens is 1320 g/mol. The van der Waals surface area contributed by atoms with Crippen LogP contribution in [0.4, 0.5) is 0 Å². The molecule has 19 heteroatoms. The van der Waals surface area contributed by atoms with Gasteiger partial charge in [-0.3, -0.25) is 37.3 Å². The number of aliphatic hydroxyl groups is 1. The van der Waals surface area contributed by atoms with Gasteiger partial charge in [-0.25, -0.2) is 9.13 Å². The molecule has 0 heterocycles. The number of unbranched alkanes of at least 4 members (excludes halogenated alkanes) is 47. The molecular formula is C82H160O17P2. The summed E-state index contributed by atoms with van der Waals surface area (Å²) in [6.07, 6.45) is 60.9. The Balaban J connectivity index is 5.25. The standard InChI is InChI=1S/C82H160O17P2/c1-8-10-11-12-13-14-25-35-42-49-56-63-79(84)92-69-78(99-82(87)66-59-52-45-38-31-30-33-40-47-54-61-74(5)6)72-97-101(90,91)95-68-76(83)67-94-100(88,89)96-71-77(70-93-80(85)64-57-50-43-36-28-23-20-19-22-27-34-41-48-55-62-75(7)9-2)98-81(86)65-58-51-44-37-29-24-18-16-15-17-21-26-32-39-46-53-60-73(3)4/h73-78,83H,8-72H2,1-7H3,(H,88,89)(H,90,91)/t75?,76-,77-,78-/m1/s1. The van der Waals surface area contributed by atoms with E-state index in [1.165, 1.54) is 238 Å². The van der Waals surface area contributed by atoms with Gasteiger partial charge in [0.2, 0.25) is 0 Å². The zero-order valence-electron chi connectivity index (χ0n) is 66.4. The van der Waals surface area contributed by atoms with E-state index >= 15 is 0 Å². The minimum Gasteiger partial charge on any atom is -0.462 e. The lowest BCUT2D eigenvalue weighted by molar-refractivity contribution is -0.161. The molecule has 0 spiro atoms. The molecule has 0 aliphatic heterocycles. The van der Waals surface area contributed by atoms with Crippen LogP contribution in [0.2, 0.25) is 0 Å². The summed E-state index contributed by atoms with van der Waals surface area (Å²) >= 11 is 0. The first-order valence-electron chi connectivity index (χ1n) is 42.4. The van der Waals surface area contributed by atoms with Gasteiger partial charge >= 0.3 is 39.5 Å². The van der Waals surface area contributed by atoms with Gasteiger partial charge in [0.05, 0.1) is 26.4 Å². The lowest BCUT2D eigenvalue weighted by atomic mass is 9.99. The number of hydrogen-bond donors (Lipinski definition) is 3. The molecule has 0 aromatic rings. The quantitative estimate of drug-likeness (QED) is 0.0222. The van der Waals surface area contributed by atoms with Gasteiger partial charge in [-0.2, -0.15) is 0 Å². The third kappa shape index (κ3) is 74.7. The summed E-state index contributed by atoms with van der Waals surface area (Å²) in [6.45, 7) is 12.0. The van der Waals surface area contributed by atoms with Crippen LogP contribution in [0.15, 0.2) is 0 Å². The SMILES string of the molecule is CCCCCCCCCCCCCC(=O)OC[C@H](COP(=O)(O)OC[C@H](O)COP(=O)(O)OC[C@@H](COC(=O)CCCCCCCCCCCCCCCCC(C)CC)OC(=O)CCCCCCCCCCCCCCCCCCC(C)C)OC(=O)CCCCCCCCCCCCC(C)C. The van der Waals surface area contributed by atoms with Crippen LogP contribution in [-0.4, -0.2) is 96.7 Å².